The number of rotatable bonds is 5. The Balaban J connectivity index is 1.66. The van der Waals surface area contributed by atoms with Crippen LogP contribution in [0, 0.1) is 28.6 Å². The zero-order valence-electron chi connectivity index (χ0n) is 21.8. The van der Waals surface area contributed by atoms with Crippen LogP contribution in [0.15, 0.2) is 11.6 Å². The normalized spacial score (nSPS) is 39.3. The average molecular weight is 507 g/mol. The van der Waals surface area contributed by atoms with Gasteiger partial charge in [-0.15, -0.1) is 0 Å². The van der Waals surface area contributed by atoms with Gasteiger partial charge in [0.1, 0.15) is 0 Å². The second-order valence-corrected chi connectivity index (χ2v) is 11.6. The van der Waals surface area contributed by atoms with Crippen molar-refractivity contribution in [3.63, 3.8) is 0 Å². The van der Waals surface area contributed by atoms with Gasteiger partial charge in [0.25, 0.3) is 0 Å². The summed E-state index contributed by atoms with van der Waals surface area (Å²) in [6, 6.07) is 0. The smallest absolute Gasteiger partial charge is 0.438 e. The maximum absolute atomic E-state index is 13.7. The van der Waals surface area contributed by atoms with E-state index in [4.69, 9.17) is 18.9 Å². The van der Waals surface area contributed by atoms with Gasteiger partial charge in [-0.1, -0.05) is 19.4 Å². The highest BCUT2D eigenvalue weighted by atomic mass is 16.7. The number of ketones is 2. The number of ether oxygens (including phenoxy) is 4. The molecule has 200 valence electrons. The number of Topliss-reactive ketones (excluding diaryl/α,β-unsaturated/α-hetero) is 1. The lowest BCUT2D eigenvalue weighted by Gasteiger charge is -2.60. The van der Waals surface area contributed by atoms with Crippen LogP contribution in [0.3, 0.4) is 0 Å². The van der Waals surface area contributed by atoms with Gasteiger partial charge in [-0.2, -0.15) is 0 Å². The molecule has 0 aromatic rings. The van der Waals surface area contributed by atoms with Crippen LogP contribution in [0.25, 0.3) is 0 Å². The minimum absolute atomic E-state index is 0.00174. The Kier molecular flexibility index (Phi) is 7.01. The van der Waals surface area contributed by atoms with E-state index in [1.165, 1.54) is 7.11 Å². The topological polar surface area (TPSA) is 125 Å². The molecule has 0 heterocycles. The molecule has 0 radical (unpaired) electrons. The Labute approximate surface area is 211 Å². The van der Waals surface area contributed by atoms with Crippen molar-refractivity contribution in [3.8, 4) is 0 Å². The summed E-state index contributed by atoms with van der Waals surface area (Å²) in [5, 5.41) is 11.6. The van der Waals surface area contributed by atoms with E-state index in [1.807, 2.05) is 6.92 Å². The largest absolute Gasteiger partial charge is 0.509 e. The van der Waals surface area contributed by atoms with Crippen molar-refractivity contribution in [2.75, 3.05) is 13.7 Å². The molecule has 0 aromatic heterocycles. The van der Waals surface area contributed by atoms with Gasteiger partial charge in [-0.25, -0.2) is 9.59 Å². The van der Waals surface area contributed by atoms with Crippen molar-refractivity contribution in [3.05, 3.63) is 11.6 Å². The summed E-state index contributed by atoms with van der Waals surface area (Å²) in [5.74, 6) is -0.362. The lowest BCUT2D eigenvalue weighted by Crippen LogP contribution is -2.63. The summed E-state index contributed by atoms with van der Waals surface area (Å²) in [7, 11) is 1.18. The highest BCUT2D eigenvalue weighted by Gasteiger charge is 2.70. The van der Waals surface area contributed by atoms with Crippen LogP contribution in [-0.2, 0) is 28.5 Å². The third-order valence-electron chi connectivity index (χ3n) is 9.54. The summed E-state index contributed by atoms with van der Waals surface area (Å²) < 4.78 is 20.6. The van der Waals surface area contributed by atoms with Crippen LogP contribution < -0.4 is 0 Å². The predicted molar refractivity (Wildman–Crippen MR) is 127 cm³/mol. The van der Waals surface area contributed by atoms with E-state index < -0.39 is 47.9 Å². The molecule has 0 bridgehead atoms. The van der Waals surface area contributed by atoms with E-state index in [0.717, 1.165) is 18.4 Å². The molecular weight excluding hydrogens is 468 g/mol. The number of allylic oxidation sites excluding steroid dienone is 1. The number of carbonyl (C=O) groups excluding carboxylic acids is 4. The Bertz CT molecular complexity index is 970. The van der Waals surface area contributed by atoms with Crippen LogP contribution in [-0.4, -0.2) is 60.5 Å². The second kappa shape index (κ2) is 9.47. The van der Waals surface area contributed by atoms with Crippen molar-refractivity contribution in [2.45, 2.75) is 90.4 Å². The molecule has 9 nitrogen and oxygen atoms in total. The number of aliphatic hydroxyl groups excluding tert-OH is 1. The molecule has 4 rings (SSSR count). The molecule has 0 saturated heterocycles. The van der Waals surface area contributed by atoms with Crippen molar-refractivity contribution < 1.29 is 43.2 Å². The summed E-state index contributed by atoms with van der Waals surface area (Å²) in [5.41, 5.74) is -1.65. The molecule has 7 atom stereocenters. The number of methoxy groups -OCH3 is 1. The lowest BCUT2D eigenvalue weighted by molar-refractivity contribution is -0.186. The van der Waals surface area contributed by atoms with E-state index in [-0.39, 0.29) is 41.8 Å². The summed E-state index contributed by atoms with van der Waals surface area (Å²) in [4.78, 5) is 50.1. The van der Waals surface area contributed by atoms with Crippen molar-refractivity contribution in [1.82, 2.24) is 0 Å². The molecule has 1 N–H and O–H groups in total. The molecule has 0 aliphatic heterocycles. The quantitative estimate of drug-likeness (QED) is 0.548. The Morgan fingerprint density at radius 3 is 2.50 bits per heavy atom. The Morgan fingerprint density at radius 2 is 1.83 bits per heavy atom. The van der Waals surface area contributed by atoms with Gasteiger partial charge in [0.05, 0.1) is 19.3 Å². The first-order valence-corrected chi connectivity index (χ1v) is 12.9. The highest BCUT2D eigenvalue weighted by Crippen LogP contribution is 2.68. The van der Waals surface area contributed by atoms with Crippen LogP contribution in [0.1, 0.15) is 72.6 Å². The molecule has 36 heavy (non-hydrogen) atoms. The van der Waals surface area contributed by atoms with E-state index >= 15 is 0 Å². The van der Waals surface area contributed by atoms with Gasteiger partial charge in [-0.3, -0.25) is 9.59 Å². The molecule has 4 aliphatic carbocycles. The molecule has 3 fully saturated rings. The van der Waals surface area contributed by atoms with Crippen LogP contribution in [0.4, 0.5) is 9.59 Å². The zero-order chi connectivity index (χ0) is 26.5. The van der Waals surface area contributed by atoms with Crippen LogP contribution in [0.2, 0.25) is 0 Å². The van der Waals surface area contributed by atoms with Crippen molar-refractivity contribution in [1.29, 1.82) is 0 Å². The molecular formula is C27H38O9. The third-order valence-corrected chi connectivity index (χ3v) is 9.54. The van der Waals surface area contributed by atoms with E-state index in [2.05, 4.69) is 6.92 Å². The van der Waals surface area contributed by atoms with Gasteiger partial charge < -0.3 is 24.1 Å². The van der Waals surface area contributed by atoms with E-state index in [1.54, 1.807) is 19.9 Å². The summed E-state index contributed by atoms with van der Waals surface area (Å²) in [6.45, 7) is 6.78. The van der Waals surface area contributed by atoms with Gasteiger partial charge >= 0.3 is 12.3 Å². The average Bonchev–Trinajstić information content (AvgIpc) is 3.09. The minimum Gasteiger partial charge on any atom is -0.438 e. The van der Waals surface area contributed by atoms with Gasteiger partial charge in [-0.05, 0) is 81.6 Å². The molecule has 0 unspecified atom stereocenters. The first-order chi connectivity index (χ1) is 16.9. The molecule has 3 saturated carbocycles. The van der Waals surface area contributed by atoms with Gasteiger partial charge in [0.15, 0.2) is 18.0 Å². The first-order valence-electron chi connectivity index (χ1n) is 12.9. The highest BCUT2D eigenvalue weighted by molar-refractivity contribution is 5.93. The predicted octanol–water partition coefficient (Wildman–Crippen LogP) is 4.14. The SMILES string of the molecule is COC(=O)O[C@]1(C(=O)COC(=O)OC(C)C)CC[C@H]2[C@@H]3CCC4=CC(=O)CC[C@]4(C)[C@H]3[C@@H](O)C[C@@]21C. The van der Waals surface area contributed by atoms with Crippen LogP contribution in [0.5, 0.6) is 0 Å². The summed E-state index contributed by atoms with van der Waals surface area (Å²) in [6.07, 6.45) is 2.50. The Hall–Kier alpha value is -2.42. The maximum atomic E-state index is 13.7. The Morgan fingerprint density at radius 1 is 1.11 bits per heavy atom. The number of carbonyl (C=O) groups is 4. The molecule has 0 amide bonds. The zero-order valence-corrected chi connectivity index (χ0v) is 21.8. The van der Waals surface area contributed by atoms with Gasteiger partial charge in [0, 0.05) is 11.8 Å². The first kappa shape index (κ1) is 26.6. The minimum atomic E-state index is -1.60. The standard InChI is InChI=1S/C27H38O9/c1-15(2)35-24(32)34-14-21(30)27(36-23(31)33-5)11-9-19-18-7-6-16-12-17(28)8-10-25(16,3)22(18)20(29)13-26(19,27)4/h12,15,18-20,22,29H,6-11,13-14H2,1-5H3/t18-,19-,20-,22+,25-,26-,27-/m0/s1. The number of aliphatic hydroxyl groups is 1. The second-order valence-electron chi connectivity index (χ2n) is 11.6. The van der Waals surface area contributed by atoms with E-state index in [9.17, 15) is 24.3 Å². The number of hydrogen-bond donors (Lipinski definition) is 1. The summed E-state index contributed by atoms with van der Waals surface area (Å²) >= 11 is 0. The van der Waals surface area contributed by atoms with Crippen LogP contribution >= 0.6 is 0 Å². The fourth-order valence-electron chi connectivity index (χ4n) is 8.01. The monoisotopic (exact) mass is 506 g/mol. The molecule has 9 heteroatoms. The van der Waals surface area contributed by atoms with Crippen molar-refractivity contribution in [2.24, 2.45) is 28.6 Å². The van der Waals surface area contributed by atoms with Gasteiger partial charge in [0.2, 0.25) is 5.78 Å². The number of fused-ring (bicyclic) bond motifs is 5. The fraction of sp³-hybridized carbons (Fsp3) is 0.778. The molecule has 0 aromatic carbocycles. The number of hydrogen-bond acceptors (Lipinski definition) is 9. The lowest BCUT2D eigenvalue weighted by atomic mass is 9.45. The van der Waals surface area contributed by atoms with Crippen molar-refractivity contribution >= 4 is 23.9 Å². The maximum Gasteiger partial charge on any atom is 0.509 e. The fourth-order valence-corrected chi connectivity index (χ4v) is 8.01. The molecule has 4 aliphatic rings. The molecule has 0 spiro atoms. The third kappa shape index (κ3) is 4.13. The van der Waals surface area contributed by atoms with E-state index in [0.29, 0.717) is 19.3 Å².